The molecule has 1 amide bonds. The SMILES string of the molecule is O=C(NCCC1CC(=O)C(c2c(Cl)cc(-c3ncc(Cl)cc3F)cc2Cl)C1=O)c1ccccn1. The first-order chi connectivity index (χ1) is 16.3. The van der Waals surface area contributed by atoms with E-state index in [2.05, 4.69) is 15.3 Å². The average molecular weight is 521 g/mol. The summed E-state index contributed by atoms with van der Waals surface area (Å²) in [6, 6.07) is 8.93. The van der Waals surface area contributed by atoms with Crippen LogP contribution in [0.25, 0.3) is 11.3 Å². The molecule has 1 aromatic carbocycles. The summed E-state index contributed by atoms with van der Waals surface area (Å²) >= 11 is 18.6. The van der Waals surface area contributed by atoms with Crippen molar-refractivity contribution in [1.82, 2.24) is 15.3 Å². The van der Waals surface area contributed by atoms with E-state index in [-0.39, 0.29) is 68.9 Å². The predicted octanol–water partition coefficient (Wildman–Crippen LogP) is 5.30. The van der Waals surface area contributed by atoms with Gasteiger partial charge in [0.1, 0.15) is 23.1 Å². The molecule has 6 nitrogen and oxygen atoms in total. The smallest absolute Gasteiger partial charge is 0.269 e. The Labute approximate surface area is 209 Å². The third-order valence-electron chi connectivity index (χ3n) is 5.58. The van der Waals surface area contributed by atoms with Gasteiger partial charge in [-0.1, -0.05) is 40.9 Å². The summed E-state index contributed by atoms with van der Waals surface area (Å²) in [4.78, 5) is 45.9. The number of carbonyl (C=O) groups excluding carboxylic acids is 3. The minimum atomic E-state index is -1.12. The molecule has 2 aromatic heterocycles. The third-order valence-corrected chi connectivity index (χ3v) is 6.41. The summed E-state index contributed by atoms with van der Waals surface area (Å²) in [5, 5.41) is 2.97. The molecule has 0 aliphatic heterocycles. The fourth-order valence-electron chi connectivity index (χ4n) is 3.97. The minimum Gasteiger partial charge on any atom is -0.351 e. The van der Waals surface area contributed by atoms with E-state index in [1.54, 1.807) is 18.2 Å². The van der Waals surface area contributed by atoms with Crippen molar-refractivity contribution in [2.75, 3.05) is 6.54 Å². The van der Waals surface area contributed by atoms with Gasteiger partial charge in [-0.2, -0.15) is 0 Å². The Hall–Kier alpha value is -2.87. The minimum absolute atomic E-state index is 0.00894. The number of Topliss-reactive ketones (excluding diaryl/α,β-unsaturated/α-hetero) is 2. The van der Waals surface area contributed by atoms with Gasteiger partial charge in [0.15, 0.2) is 11.6 Å². The number of nitrogens with zero attached hydrogens (tertiary/aromatic N) is 2. The molecule has 2 atom stereocenters. The molecule has 0 bridgehead atoms. The van der Waals surface area contributed by atoms with E-state index < -0.39 is 17.7 Å². The summed E-state index contributed by atoms with van der Waals surface area (Å²) in [6.07, 6.45) is 3.10. The number of amides is 1. The molecular weight excluding hydrogens is 504 g/mol. The first-order valence-corrected chi connectivity index (χ1v) is 11.5. The lowest BCUT2D eigenvalue weighted by Crippen LogP contribution is -2.27. The van der Waals surface area contributed by atoms with Crippen molar-refractivity contribution in [3.63, 3.8) is 0 Å². The fourth-order valence-corrected chi connectivity index (χ4v) is 4.82. The van der Waals surface area contributed by atoms with E-state index in [0.717, 1.165) is 6.07 Å². The van der Waals surface area contributed by atoms with E-state index in [1.807, 2.05) is 0 Å². The van der Waals surface area contributed by atoms with Crippen LogP contribution in [0.3, 0.4) is 0 Å². The number of ketones is 2. The van der Waals surface area contributed by atoms with Crippen LogP contribution in [0, 0.1) is 11.7 Å². The molecule has 0 radical (unpaired) electrons. The van der Waals surface area contributed by atoms with Crippen molar-refractivity contribution in [2.24, 2.45) is 5.92 Å². The van der Waals surface area contributed by atoms with Gasteiger partial charge in [-0.25, -0.2) is 4.39 Å². The van der Waals surface area contributed by atoms with Gasteiger partial charge >= 0.3 is 0 Å². The van der Waals surface area contributed by atoms with Gasteiger partial charge in [0.05, 0.1) is 5.02 Å². The summed E-state index contributed by atoms with van der Waals surface area (Å²) < 4.78 is 14.3. The molecule has 0 saturated heterocycles. The molecule has 2 unspecified atom stereocenters. The zero-order valence-electron chi connectivity index (χ0n) is 17.5. The van der Waals surface area contributed by atoms with E-state index in [9.17, 15) is 18.8 Å². The first kappa shape index (κ1) is 24.3. The lowest BCUT2D eigenvalue weighted by molar-refractivity contribution is -0.124. The van der Waals surface area contributed by atoms with Crippen molar-refractivity contribution < 1.29 is 18.8 Å². The number of rotatable bonds is 6. The molecule has 1 aliphatic carbocycles. The number of hydrogen-bond acceptors (Lipinski definition) is 5. The van der Waals surface area contributed by atoms with Gasteiger partial charge in [0.2, 0.25) is 0 Å². The number of hydrogen-bond donors (Lipinski definition) is 1. The second-order valence-corrected chi connectivity index (χ2v) is 9.05. The van der Waals surface area contributed by atoms with Crippen molar-refractivity contribution in [3.05, 3.63) is 80.9 Å². The van der Waals surface area contributed by atoms with E-state index in [0.29, 0.717) is 5.56 Å². The Balaban J connectivity index is 1.49. The number of carbonyl (C=O) groups is 3. The molecule has 2 heterocycles. The number of nitrogens with one attached hydrogen (secondary N) is 1. The van der Waals surface area contributed by atoms with Crippen LogP contribution in [0.5, 0.6) is 0 Å². The normalized spacial score (nSPS) is 17.8. The van der Waals surface area contributed by atoms with E-state index in [1.165, 1.54) is 24.5 Å². The van der Waals surface area contributed by atoms with Gasteiger partial charge in [-0.05, 0) is 36.8 Å². The molecule has 1 aliphatic rings. The zero-order valence-corrected chi connectivity index (χ0v) is 19.8. The molecule has 4 rings (SSSR count). The first-order valence-electron chi connectivity index (χ1n) is 10.3. The van der Waals surface area contributed by atoms with Crippen LogP contribution in [0.15, 0.2) is 48.8 Å². The van der Waals surface area contributed by atoms with Gasteiger partial charge in [0.25, 0.3) is 5.91 Å². The molecule has 1 fully saturated rings. The molecule has 174 valence electrons. The number of halogens is 4. The molecular formula is C24H17Cl3FN3O3. The van der Waals surface area contributed by atoms with Crippen LogP contribution in [0.2, 0.25) is 15.1 Å². The van der Waals surface area contributed by atoms with Gasteiger partial charge in [-0.15, -0.1) is 0 Å². The molecule has 34 heavy (non-hydrogen) atoms. The van der Waals surface area contributed by atoms with Crippen molar-refractivity contribution >= 4 is 52.3 Å². The lowest BCUT2D eigenvalue weighted by atomic mass is 9.92. The average Bonchev–Trinajstić information content (AvgIpc) is 3.07. The van der Waals surface area contributed by atoms with Crippen molar-refractivity contribution in [3.8, 4) is 11.3 Å². The molecule has 0 spiro atoms. The van der Waals surface area contributed by atoms with Crippen LogP contribution < -0.4 is 5.32 Å². The van der Waals surface area contributed by atoms with Crippen molar-refractivity contribution in [2.45, 2.75) is 18.8 Å². The Morgan fingerprint density at radius 1 is 1.09 bits per heavy atom. The maximum absolute atomic E-state index is 14.3. The second kappa shape index (κ2) is 10.2. The molecule has 3 aromatic rings. The molecule has 1 N–H and O–H groups in total. The van der Waals surface area contributed by atoms with Gasteiger partial charge < -0.3 is 5.32 Å². The summed E-state index contributed by atoms with van der Waals surface area (Å²) in [5.41, 5.74) is 0.737. The highest BCUT2D eigenvalue weighted by Gasteiger charge is 2.43. The van der Waals surface area contributed by atoms with E-state index >= 15 is 0 Å². The second-order valence-electron chi connectivity index (χ2n) is 7.80. The quantitative estimate of drug-likeness (QED) is 0.445. The highest BCUT2D eigenvalue weighted by molar-refractivity contribution is 6.38. The fraction of sp³-hybridized carbons (Fsp3) is 0.208. The predicted molar refractivity (Wildman–Crippen MR) is 127 cm³/mol. The van der Waals surface area contributed by atoms with Crippen LogP contribution in [0.1, 0.15) is 34.8 Å². The summed E-state index contributed by atoms with van der Waals surface area (Å²) in [5.74, 6) is -3.34. The Morgan fingerprint density at radius 2 is 1.82 bits per heavy atom. The largest absolute Gasteiger partial charge is 0.351 e. The Morgan fingerprint density at radius 3 is 2.47 bits per heavy atom. The van der Waals surface area contributed by atoms with E-state index in [4.69, 9.17) is 34.8 Å². The standard InChI is InChI=1S/C24H17Cl3FN3O3/c25-14-10-17(28)22(31-11-14)13-7-15(26)20(16(27)8-13)21-19(32)9-12(23(21)33)4-6-30-24(34)18-3-1-2-5-29-18/h1-3,5,7-8,10-12,21H,4,6,9H2,(H,30,34). The maximum atomic E-state index is 14.3. The van der Waals surface area contributed by atoms with Crippen molar-refractivity contribution in [1.29, 1.82) is 0 Å². The van der Waals surface area contributed by atoms with Gasteiger partial charge in [0, 0.05) is 52.4 Å². The Bertz CT molecular complexity index is 1260. The Kier molecular flexibility index (Phi) is 7.26. The van der Waals surface area contributed by atoms with Crippen LogP contribution >= 0.6 is 34.8 Å². The monoisotopic (exact) mass is 519 g/mol. The summed E-state index contributed by atoms with van der Waals surface area (Å²) in [7, 11) is 0. The molecule has 1 saturated carbocycles. The third kappa shape index (κ3) is 4.97. The van der Waals surface area contributed by atoms with Crippen LogP contribution in [-0.2, 0) is 9.59 Å². The number of aromatic nitrogens is 2. The van der Waals surface area contributed by atoms with Gasteiger partial charge in [-0.3, -0.25) is 24.4 Å². The zero-order chi connectivity index (χ0) is 24.4. The van der Waals surface area contributed by atoms with Crippen LogP contribution in [0.4, 0.5) is 4.39 Å². The number of pyridine rings is 2. The number of benzene rings is 1. The summed E-state index contributed by atoms with van der Waals surface area (Å²) in [6.45, 7) is 0.202. The highest BCUT2D eigenvalue weighted by Crippen LogP contribution is 2.42. The van der Waals surface area contributed by atoms with Crippen LogP contribution in [-0.4, -0.2) is 34.0 Å². The maximum Gasteiger partial charge on any atom is 0.269 e. The molecule has 10 heteroatoms. The topological polar surface area (TPSA) is 89.0 Å². The lowest BCUT2D eigenvalue weighted by Gasteiger charge is -2.15. The highest BCUT2D eigenvalue weighted by atomic mass is 35.5.